The number of benzene rings is 1. The molecule has 2 rings (SSSR count). The molecule has 22 heavy (non-hydrogen) atoms. The van der Waals surface area contributed by atoms with E-state index in [-0.39, 0.29) is 12.2 Å². The molecule has 1 aliphatic heterocycles. The van der Waals surface area contributed by atoms with Gasteiger partial charge in [-0.2, -0.15) is 5.26 Å². The summed E-state index contributed by atoms with van der Waals surface area (Å²) >= 11 is 0. The Hall–Kier alpha value is -2.32. The Morgan fingerprint density at radius 1 is 1.36 bits per heavy atom. The molecule has 0 saturated carbocycles. The molecule has 1 saturated heterocycles. The number of nitrogens with one attached hydrogen (secondary N) is 1. The summed E-state index contributed by atoms with van der Waals surface area (Å²) in [6.45, 7) is 6.37. The van der Waals surface area contributed by atoms with Gasteiger partial charge < -0.3 is 14.5 Å². The minimum absolute atomic E-state index is 0.0257. The van der Waals surface area contributed by atoms with Gasteiger partial charge in [-0.05, 0) is 30.7 Å². The first-order valence-corrected chi connectivity index (χ1v) is 7.59. The molecule has 1 aliphatic rings. The molecular weight excluding hydrogens is 278 g/mol. The summed E-state index contributed by atoms with van der Waals surface area (Å²) in [4.78, 5) is 15.5. The largest absolute Gasteiger partial charge is 0.462 e. The molecule has 0 radical (unpaired) electrons. The minimum atomic E-state index is -0.573. The van der Waals surface area contributed by atoms with E-state index in [1.165, 1.54) is 5.69 Å². The number of hydrogen-bond donors (Lipinski definition) is 1. The highest BCUT2D eigenvalue weighted by molar-refractivity contribution is 5.97. The lowest BCUT2D eigenvalue weighted by molar-refractivity contribution is -0.880. The molecule has 1 heterocycles. The average Bonchev–Trinajstić information content (AvgIpc) is 2.54. The Morgan fingerprint density at radius 3 is 2.55 bits per heavy atom. The van der Waals surface area contributed by atoms with Crippen LogP contribution in [0.25, 0.3) is 6.08 Å². The van der Waals surface area contributed by atoms with E-state index in [4.69, 9.17) is 10.00 Å². The highest BCUT2D eigenvalue weighted by Gasteiger charge is 2.16. The molecule has 5 nitrogen and oxygen atoms in total. The molecule has 0 bridgehead atoms. The Kier molecular flexibility index (Phi) is 5.56. The number of likely N-dealkylation sites (N-methyl/N-ethyl adjacent to an activating group) is 1. The minimum Gasteiger partial charge on any atom is -0.462 e. The molecule has 116 valence electrons. The lowest BCUT2D eigenvalue weighted by Crippen LogP contribution is -3.12. The van der Waals surface area contributed by atoms with Gasteiger partial charge in [0.2, 0.25) is 0 Å². The number of piperazine rings is 1. The van der Waals surface area contributed by atoms with Gasteiger partial charge >= 0.3 is 5.97 Å². The van der Waals surface area contributed by atoms with Gasteiger partial charge in [0.1, 0.15) is 11.6 Å². The van der Waals surface area contributed by atoms with Crippen molar-refractivity contribution in [1.29, 1.82) is 5.26 Å². The van der Waals surface area contributed by atoms with Crippen molar-refractivity contribution in [2.75, 3.05) is 44.7 Å². The fourth-order valence-corrected chi connectivity index (χ4v) is 2.44. The van der Waals surface area contributed by atoms with E-state index in [9.17, 15) is 4.79 Å². The summed E-state index contributed by atoms with van der Waals surface area (Å²) in [5.74, 6) is -0.573. The van der Waals surface area contributed by atoms with Crippen molar-refractivity contribution in [3.8, 4) is 6.07 Å². The first kappa shape index (κ1) is 16.1. The fourth-order valence-electron chi connectivity index (χ4n) is 2.44. The Balaban J connectivity index is 2.08. The first-order chi connectivity index (χ1) is 10.6. The van der Waals surface area contributed by atoms with Crippen molar-refractivity contribution in [1.82, 2.24) is 0 Å². The molecule has 1 aromatic carbocycles. The predicted octanol–water partition coefficient (Wildman–Crippen LogP) is 0.491. The van der Waals surface area contributed by atoms with Crippen LogP contribution in [0.1, 0.15) is 12.5 Å². The zero-order valence-electron chi connectivity index (χ0n) is 13.1. The van der Waals surface area contributed by atoms with Crippen molar-refractivity contribution >= 4 is 17.7 Å². The second kappa shape index (κ2) is 7.62. The molecule has 0 aliphatic carbocycles. The van der Waals surface area contributed by atoms with Gasteiger partial charge in [-0.3, -0.25) is 0 Å². The van der Waals surface area contributed by atoms with Crippen LogP contribution >= 0.6 is 0 Å². The summed E-state index contributed by atoms with van der Waals surface area (Å²) in [5, 5.41) is 9.04. The van der Waals surface area contributed by atoms with Crippen LogP contribution in [0.5, 0.6) is 0 Å². The quantitative estimate of drug-likeness (QED) is 0.499. The molecule has 0 atom stereocenters. The fraction of sp³-hybridized carbons (Fsp3) is 0.412. The molecule has 0 spiro atoms. The summed E-state index contributed by atoms with van der Waals surface area (Å²) < 4.78 is 4.86. The number of quaternary nitrogens is 1. The van der Waals surface area contributed by atoms with Gasteiger partial charge in [0.15, 0.2) is 0 Å². The van der Waals surface area contributed by atoms with Crippen molar-refractivity contribution in [2.45, 2.75) is 6.92 Å². The number of esters is 1. The molecule has 1 fully saturated rings. The van der Waals surface area contributed by atoms with E-state index < -0.39 is 5.97 Å². The second-order valence-corrected chi connectivity index (χ2v) is 5.43. The van der Waals surface area contributed by atoms with Crippen LogP contribution in [0.3, 0.4) is 0 Å². The summed E-state index contributed by atoms with van der Waals surface area (Å²) in [6.07, 6.45) is 1.57. The SMILES string of the molecule is CCOC(=O)/C(C#N)=C/c1ccc(N2CC[NH+](C)CC2)cc1. The van der Waals surface area contributed by atoms with Crippen LogP contribution in [0, 0.1) is 11.3 Å². The maximum atomic E-state index is 11.6. The van der Waals surface area contributed by atoms with Gasteiger partial charge in [0.25, 0.3) is 0 Å². The number of hydrogen-bond acceptors (Lipinski definition) is 4. The van der Waals surface area contributed by atoms with Gasteiger partial charge in [-0.15, -0.1) is 0 Å². The number of ether oxygens (including phenoxy) is 1. The van der Waals surface area contributed by atoms with Crippen molar-refractivity contribution in [3.05, 3.63) is 35.4 Å². The number of carbonyl (C=O) groups excluding carboxylic acids is 1. The van der Waals surface area contributed by atoms with Gasteiger partial charge in [0, 0.05) is 5.69 Å². The molecule has 0 unspecified atom stereocenters. The third-order valence-corrected chi connectivity index (χ3v) is 3.80. The Morgan fingerprint density at radius 2 is 2.00 bits per heavy atom. The molecule has 0 aromatic heterocycles. The highest BCUT2D eigenvalue weighted by Crippen LogP contribution is 2.17. The molecule has 1 N–H and O–H groups in total. The van der Waals surface area contributed by atoms with Gasteiger partial charge in [-0.25, -0.2) is 4.79 Å². The second-order valence-electron chi connectivity index (χ2n) is 5.43. The van der Waals surface area contributed by atoms with E-state index in [0.29, 0.717) is 0 Å². The predicted molar refractivity (Wildman–Crippen MR) is 85.5 cm³/mol. The van der Waals surface area contributed by atoms with E-state index in [1.807, 2.05) is 30.3 Å². The third kappa shape index (κ3) is 4.09. The van der Waals surface area contributed by atoms with Crippen LogP contribution in [0.15, 0.2) is 29.8 Å². The van der Waals surface area contributed by atoms with E-state index in [0.717, 1.165) is 31.7 Å². The number of anilines is 1. The Labute approximate surface area is 131 Å². The van der Waals surface area contributed by atoms with Crippen LogP contribution < -0.4 is 9.80 Å². The van der Waals surface area contributed by atoms with E-state index in [1.54, 1.807) is 17.9 Å². The zero-order chi connectivity index (χ0) is 15.9. The van der Waals surface area contributed by atoms with Crippen LogP contribution in [-0.2, 0) is 9.53 Å². The molecule has 1 aromatic rings. The normalized spacial score (nSPS) is 16.2. The molecule has 5 heteroatoms. The number of rotatable bonds is 4. The monoisotopic (exact) mass is 300 g/mol. The highest BCUT2D eigenvalue weighted by atomic mass is 16.5. The zero-order valence-corrected chi connectivity index (χ0v) is 13.1. The van der Waals surface area contributed by atoms with Gasteiger partial charge in [0.05, 0.1) is 39.8 Å². The van der Waals surface area contributed by atoms with Crippen LogP contribution in [0.2, 0.25) is 0 Å². The van der Waals surface area contributed by atoms with Crippen LogP contribution in [0.4, 0.5) is 5.69 Å². The lowest BCUT2D eigenvalue weighted by atomic mass is 10.1. The summed E-state index contributed by atoms with van der Waals surface area (Å²) in [7, 11) is 2.21. The van der Waals surface area contributed by atoms with Crippen molar-refractivity contribution < 1.29 is 14.4 Å². The topological polar surface area (TPSA) is 57.8 Å². The maximum Gasteiger partial charge on any atom is 0.348 e. The summed E-state index contributed by atoms with van der Waals surface area (Å²) in [5.41, 5.74) is 2.03. The summed E-state index contributed by atoms with van der Waals surface area (Å²) in [6, 6.07) is 9.82. The first-order valence-electron chi connectivity index (χ1n) is 7.59. The third-order valence-electron chi connectivity index (χ3n) is 3.80. The number of nitrogens with zero attached hydrogens (tertiary/aromatic N) is 2. The smallest absolute Gasteiger partial charge is 0.348 e. The van der Waals surface area contributed by atoms with Crippen LogP contribution in [-0.4, -0.2) is 45.8 Å². The maximum absolute atomic E-state index is 11.6. The lowest BCUT2D eigenvalue weighted by Gasteiger charge is -2.31. The van der Waals surface area contributed by atoms with E-state index >= 15 is 0 Å². The average molecular weight is 300 g/mol. The van der Waals surface area contributed by atoms with E-state index in [2.05, 4.69) is 11.9 Å². The van der Waals surface area contributed by atoms with Gasteiger partial charge in [-0.1, -0.05) is 12.1 Å². The molecular formula is C17H22N3O2+. The van der Waals surface area contributed by atoms with Crippen molar-refractivity contribution in [3.63, 3.8) is 0 Å². The Bertz CT molecular complexity index is 579. The molecule has 0 amide bonds. The number of nitriles is 1. The van der Waals surface area contributed by atoms with Crippen molar-refractivity contribution in [2.24, 2.45) is 0 Å². The number of carbonyl (C=O) groups is 1. The standard InChI is InChI=1S/C17H21N3O2/c1-3-22-17(21)15(13-18)12-14-4-6-16(7-5-14)20-10-8-19(2)9-11-20/h4-7,12H,3,8-11H2,1-2H3/p+1/b15-12+.